The third-order valence-corrected chi connectivity index (χ3v) is 7.01. The standard InChI is InChI=1S/C32H21N9/c1-2-10-22(11-3-1)41-25(27-23-12-4-6-20-39(23)31(37-27)29-33-16-8-17-34-29)14-15-26(41)28-24-13-5-7-21-40(24)32(38-28)30-35-18-9-19-36-30/h1-21H. The summed E-state index contributed by atoms with van der Waals surface area (Å²) in [7, 11) is 0. The van der Waals surface area contributed by atoms with Crippen LogP contribution in [0.5, 0.6) is 0 Å². The molecule has 0 bridgehead atoms. The summed E-state index contributed by atoms with van der Waals surface area (Å²) in [5.74, 6) is 2.47. The Kier molecular flexibility index (Phi) is 5.24. The second-order valence-corrected chi connectivity index (χ2v) is 9.40. The molecule has 0 fully saturated rings. The Bertz CT molecular complexity index is 2010. The Balaban J connectivity index is 1.41. The Labute approximate surface area is 234 Å². The molecule has 1 aromatic carbocycles. The fraction of sp³-hybridized carbons (Fsp3) is 0. The predicted octanol–water partition coefficient (Wildman–Crippen LogP) is 6.02. The highest BCUT2D eigenvalue weighted by molar-refractivity contribution is 5.86. The monoisotopic (exact) mass is 531 g/mol. The highest BCUT2D eigenvalue weighted by Crippen LogP contribution is 2.37. The highest BCUT2D eigenvalue weighted by Gasteiger charge is 2.24. The van der Waals surface area contributed by atoms with Crippen LogP contribution in [-0.2, 0) is 0 Å². The second kappa shape index (κ2) is 9.35. The number of aromatic nitrogens is 9. The molecule has 8 rings (SSSR count). The first-order valence-corrected chi connectivity index (χ1v) is 13.1. The van der Waals surface area contributed by atoms with Crippen molar-refractivity contribution < 1.29 is 0 Å². The number of pyridine rings is 2. The molecular weight excluding hydrogens is 510 g/mol. The van der Waals surface area contributed by atoms with Crippen LogP contribution in [0.3, 0.4) is 0 Å². The minimum absolute atomic E-state index is 0.561. The third kappa shape index (κ3) is 3.71. The van der Waals surface area contributed by atoms with Crippen molar-refractivity contribution in [2.45, 2.75) is 0 Å². The number of hydrogen-bond acceptors (Lipinski definition) is 6. The van der Waals surface area contributed by atoms with E-state index in [1.807, 2.05) is 63.7 Å². The zero-order chi connectivity index (χ0) is 27.2. The van der Waals surface area contributed by atoms with Gasteiger partial charge in [-0.1, -0.05) is 30.3 Å². The number of rotatable bonds is 5. The number of benzene rings is 1. The molecule has 0 aliphatic rings. The summed E-state index contributed by atoms with van der Waals surface area (Å²) in [4.78, 5) is 28.1. The van der Waals surface area contributed by atoms with Gasteiger partial charge in [-0.15, -0.1) is 0 Å². The lowest BCUT2D eigenvalue weighted by Crippen LogP contribution is -2.00. The largest absolute Gasteiger partial charge is 0.306 e. The van der Waals surface area contributed by atoms with E-state index in [0.29, 0.717) is 23.3 Å². The maximum absolute atomic E-state index is 5.11. The van der Waals surface area contributed by atoms with Crippen LogP contribution in [0.1, 0.15) is 0 Å². The zero-order valence-electron chi connectivity index (χ0n) is 21.6. The molecular formula is C32H21N9. The molecule has 7 heterocycles. The van der Waals surface area contributed by atoms with E-state index in [-0.39, 0.29) is 0 Å². The minimum Gasteiger partial charge on any atom is -0.306 e. The van der Waals surface area contributed by atoms with Gasteiger partial charge in [0.25, 0.3) is 0 Å². The summed E-state index contributed by atoms with van der Waals surface area (Å²) < 4.78 is 6.27. The van der Waals surface area contributed by atoms with E-state index in [4.69, 9.17) is 9.97 Å². The van der Waals surface area contributed by atoms with E-state index in [1.54, 1.807) is 36.9 Å². The van der Waals surface area contributed by atoms with E-state index < -0.39 is 0 Å². The number of nitrogens with zero attached hydrogens (tertiary/aromatic N) is 9. The molecule has 0 amide bonds. The molecule has 0 spiro atoms. The topological polar surface area (TPSA) is 91.1 Å². The first-order chi connectivity index (χ1) is 20.4. The molecule has 0 saturated carbocycles. The van der Waals surface area contributed by atoms with Gasteiger partial charge in [0.05, 0.1) is 22.4 Å². The van der Waals surface area contributed by atoms with Crippen LogP contribution in [0.15, 0.2) is 128 Å². The number of para-hydroxylation sites is 1. The van der Waals surface area contributed by atoms with Crippen LogP contribution in [0.2, 0.25) is 0 Å². The van der Waals surface area contributed by atoms with E-state index in [2.05, 4.69) is 60.9 Å². The van der Waals surface area contributed by atoms with Crippen LogP contribution >= 0.6 is 0 Å². The first-order valence-electron chi connectivity index (χ1n) is 13.1. The van der Waals surface area contributed by atoms with Gasteiger partial charge >= 0.3 is 0 Å². The van der Waals surface area contributed by atoms with Gasteiger partial charge in [0.2, 0.25) is 0 Å². The second-order valence-electron chi connectivity index (χ2n) is 9.40. The molecule has 0 saturated heterocycles. The van der Waals surface area contributed by atoms with Crippen molar-refractivity contribution in [1.82, 2.24) is 43.3 Å². The summed E-state index contributed by atoms with van der Waals surface area (Å²) in [6.07, 6.45) is 10.9. The molecule has 0 aliphatic carbocycles. The van der Waals surface area contributed by atoms with Crippen molar-refractivity contribution in [3.05, 3.63) is 128 Å². The van der Waals surface area contributed by atoms with E-state index in [0.717, 1.165) is 39.5 Å². The fourth-order valence-electron chi connectivity index (χ4n) is 5.26. The van der Waals surface area contributed by atoms with Crippen LogP contribution in [-0.4, -0.2) is 43.3 Å². The van der Waals surface area contributed by atoms with Gasteiger partial charge in [0.1, 0.15) is 11.4 Å². The smallest absolute Gasteiger partial charge is 0.196 e. The van der Waals surface area contributed by atoms with E-state index in [1.165, 1.54) is 0 Å². The van der Waals surface area contributed by atoms with Gasteiger partial charge in [-0.05, 0) is 60.7 Å². The van der Waals surface area contributed by atoms with Crippen LogP contribution < -0.4 is 0 Å². The van der Waals surface area contributed by atoms with Crippen molar-refractivity contribution in [3.8, 4) is 51.8 Å². The Morgan fingerprint density at radius 3 is 1.39 bits per heavy atom. The summed E-state index contributed by atoms with van der Waals surface area (Å²) >= 11 is 0. The van der Waals surface area contributed by atoms with Gasteiger partial charge in [0, 0.05) is 42.9 Å². The van der Waals surface area contributed by atoms with Crippen molar-refractivity contribution in [2.75, 3.05) is 0 Å². The molecule has 7 aromatic heterocycles. The lowest BCUT2D eigenvalue weighted by molar-refractivity contribution is 1.06. The van der Waals surface area contributed by atoms with Crippen LogP contribution in [0.25, 0.3) is 62.8 Å². The minimum atomic E-state index is 0.561. The van der Waals surface area contributed by atoms with Crippen LogP contribution in [0, 0.1) is 0 Å². The van der Waals surface area contributed by atoms with Crippen molar-refractivity contribution in [2.24, 2.45) is 0 Å². The number of hydrogen-bond donors (Lipinski definition) is 0. The van der Waals surface area contributed by atoms with Crippen LogP contribution in [0.4, 0.5) is 0 Å². The Morgan fingerprint density at radius 2 is 0.902 bits per heavy atom. The van der Waals surface area contributed by atoms with Gasteiger partial charge < -0.3 is 4.57 Å². The Hall–Kier alpha value is -5.96. The normalized spacial score (nSPS) is 11.4. The summed E-state index contributed by atoms with van der Waals surface area (Å²) in [6.45, 7) is 0. The average Bonchev–Trinajstić information content (AvgIpc) is 3.76. The molecule has 0 radical (unpaired) electrons. The molecule has 0 N–H and O–H groups in total. The van der Waals surface area contributed by atoms with Crippen molar-refractivity contribution >= 4 is 11.0 Å². The SMILES string of the molecule is c1ccc(-n2c(-c3nc(-c4ncccn4)n4ccccc34)ccc2-c2nc(-c3ncccn3)n3ccccc23)cc1. The fourth-order valence-corrected chi connectivity index (χ4v) is 5.26. The first kappa shape index (κ1) is 23.0. The quantitative estimate of drug-likeness (QED) is 0.270. The molecule has 0 atom stereocenters. The molecule has 0 unspecified atom stereocenters. The number of fused-ring (bicyclic) bond motifs is 2. The van der Waals surface area contributed by atoms with Gasteiger partial charge in [0.15, 0.2) is 23.3 Å². The van der Waals surface area contributed by atoms with Crippen molar-refractivity contribution in [1.29, 1.82) is 0 Å². The lowest BCUT2D eigenvalue weighted by atomic mass is 10.2. The summed E-state index contributed by atoms with van der Waals surface area (Å²) in [5, 5.41) is 0. The number of imidazole rings is 2. The molecule has 194 valence electrons. The Morgan fingerprint density at radius 1 is 0.439 bits per heavy atom. The maximum atomic E-state index is 5.11. The average molecular weight is 532 g/mol. The molecule has 9 nitrogen and oxygen atoms in total. The van der Waals surface area contributed by atoms with Crippen molar-refractivity contribution in [3.63, 3.8) is 0 Å². The van der Waals surface area contributed by atoms with Gasteiger partial charge in [-0.2, -0.15) is 0 Å². The molecule has 0 aliphatic heterocycles. The maximum Gasteiger partial charge on any atom is 0.196 e. The third-order valence-electron chi connectivity index (χ3n) is 7.01. The molecule has 9 heteroatoms. The van der Waals surface area contributed by atoms with E-state index in [9.17, 15) is 0 Å². The van der Waals surface area contributed by atoms with E-state index >= 15 is 0 Å². The molecule has 8 aromatic rings. The van der Waals surface area contributed by atoms with Gasteiger partial charge in [-0.25, -0.2) is 29.9 Å². The zero-order valence-corrected chi connectivity index (χ0v) is 21.6. The highest BCUT2D eigenvalue weighted by atomic mass is 15.1. The lowest BCUT2D eigenvalue weighted by Gasteiger charge is -2.12. The van der Waals surface area contributed by atoms with Gasteiger partial charge in [-0.3, -0.25) is 8.80 Å². The summed E-state index contributed by atoms with van der Waals surface area (Å²) in [5.41, 5.74) is 6.37. The summed E-state index contributed by atoms with van der Waals surface area (Å²) in [6, 6.07) is 30.2. The predicted molar refractivity (Wildman–Crippen MR) is 156 cm³/mol. The molecule has 41 heavy (non-hydrogen) atoms.